The first kappa shape index (κ1) is 14.0. The van der Waals surface area contributed by atoms with Crippen LogP contribution in [0.1, 0.15) is 12.0 Å². The highest BCUT2D eigenvalue weighted by atomic mass is 32.2. The van der Waals surface area contributed by atoms with E-state index < -0.39 is 10.0 Å². The maximum atomic E-state index is 12.0. The molecule has 0 bridgehead atoms. The Hall–Kier alpha value is -1.37. The van der Waals surface area contributed by atoms with Crippen LogP contribution in [0.3, 0.4) is 0 Å². The fourth-order valence-corrected chi connectivity index (χ4v) is 2.67. The van der Waals surface area contributed by atoms with Gasteiger partial charge in [-0.1, -0.05) is 23.8 Å². The van der Waals surface area contributed by atoms with Crippen molar-refractivity contribution in [2.24, 2.45) is 0 Å². The summed E-state index contributed by atoms with van der Waals surface area (Å²) in [6.45, 7) is 3.67. The molecule has 5 nitrogen and oxygen atoms in total. The number of hydrogen-bond acceptors (Lipinski definition) is 4. The second-order valence-corrected chi connectivity index (χ2v) is 6.47. The molecule has 0 aromatic heterocycles. The van der Waals surface area contributed by atoms with Crippen LogP contribution in [0, 0.1) is 6.92 Å². The molecular formula is C13H19N3O2S. The van der Waals surface area contributed by atoms with E-state index in [0.717, 1.165) is 30.8 Å². The lowest BCUT2D eigenvalue weighted by atomic mass is 10.2. The number of rotatable bonds is 4. The average Bonchev–Trinajstić information content (AvgIpc) is 2.39. The molecule has 0 radical (unpaired) electrons. The van der Waals surface area contributed by atoms with Gasteiger partial charge in [0.15, 0.2) is 0 Å². The van der Waals surface area contributed by atoms with Crippen molar-refractivity contribution in [2.45, 2.75) is 18.2 Å². The molecule has 1 heterocycles. The quantitative estimate of drug-likeness (QED) is 0.808. The SMILES string of the molecule is Cc1ccc(S(=O)(=O)NNC2=CCN(C)CC2)cc1. The number of aryl methyl sites for hydroxylation is 1. The van der Waals surface area contributed by atoms with Crippen molar-refractivity contribution < 1.29 is 8.42 Å². The van der Waals surface area contributed by atoms with E-state index in [2.05, 4.69) is 15.2 Å². The Labute approximate surface area is 114 Å². The molecule has 0 aliphatic carbocycles. The van der Waals surface area contributed by atoms with Crippen molar-refractivity contribution in [3.8, 4) is 0 Å². The molecule has 2 rings (SSSR count). The van der Waals surface area contributed by atoms with E-state index in [4.69, 9.17) is 0 Å². The molecule has 6 heteroatoms. The van der Waals surface area contributed by atoms with Gasteiger partial charge >= 0.3 is 0 Å². The van der Waals surface area contributed by atoms with Gasteiger partial charge in [0.05, 0.1) is 4.90 Å². The molecule has 1 aromatic rings. The van der Waals surface area contributed by atoms with Crippen LogP contribution in [-0.2, 0) is 10.0 Å². The monoisotopic (exact) mass is 281 g/mol. The van der Waals surface area contributed by atoms with Crippen molar-refractivity contribution in [1.82, 2.24) is 15.2 Å². The standard InChI is InChI=1S/C13H19N3O2S/c1-11-3-5-13(6-4-11)19(17,18)15-14-12-7-9-16(2)10-8-12/h3-7,14-15H,8-10H2,1-2H3. The summed E-state index contributed by atoms with van der Waals surface area (Å²) in [5.41, 5.74) is 4.74. The highest BCUT2D eigenvalue weighted by molar-refractivity contribution is 7.89. The maximum absolute atomic E-state index is 12.0. The number of hydrogen-bond donors (Lipinski definition) is 2. The summed E-state index contributed by atoms with van der Waals surface area (Å²) in [6.07, 6.45) is 2.80. The van der Waals surface area contributed by atoms with E-state index >= 15 is 0 Å². The minimum absolute atomic E-state index is 0.263. The number of nitrogens with one attached hydrogen (secondary N) is 2. The van der Waals surface area contributed by atoms with Crippen LogP contribution in [0.5, 0.6) is 0 Å². The zero-order valence-corrected chi connectivity index (χ0v) is 12.0. The van der Waals surface area contributed by atoms with Crippen LogP contribution in [0.15, 0.2) is 40.9 Å². The van der Waals surface area contributed by atoms with Crippen molar-refractivity contribution in [3.63, 3.8) is 0 Å². The molecule has 0 amide bonds. The third-order valence-electron chi connectivity index (χ3n) is 3.09. The van der Waals surface area contributed by atoms with Gasteiger partial charge in [0.2, 0.25) is 0 Å². The molecule has 0 unspecified atom stereocenters. The highest BCUT2D eigenvalue weighted by Gasteiger charge is 2.14. The Balaban J connectivity index is 2.00. The summed E-state index contributed by atoms with van der Waals surface area (Å²) >= 11 is 0. The van der Waals surface area contributed by atoms with E-state index in [-0.39, 0.29) is 4.90 Å². The predicted octanol–water partition coefficient (Wildman–Crippen LogP) is 0.997. The second-order valence-electron chi connectivity index (χ2n) is 4.79. The van der Waals surface area contributed by atoms with Gasteiger partial charge < -0.3 is 10.3 Å². The molecule has 0 saturated carbocycles. The summed E-state index contributed by atoms with van der Waals surface area (Å²) in [4.78, 5) is 4.84. The van der Waals surface area contributed by atoms with Crippen molar-refractivity contribution >= 4 is 10.0 Å². The Morgan fingerprint density at radius 1 is 1.21 bits per heavy atom. The van der Waals surface area contributed by atoms with E-state index in [1.165, 1.54) is 0 Å². The molecule has 19 heavy (non-hydrogen) atoms. The predicted molar refractivity (Wildman–Crippen MR) is 74.8 cm³/mol. The Morgan fingerprint density at radius 2 is 1.89 bits per heavy atom. The number of hydrazine groups is 1. The van der Waals surface area contributed by atoms with Crippen LogP contribution < -0.4 is 10.3 Å². The summed E-state index contributed by atoms with van der Waals surface area (Å²) in [7, 11) is -1.47. The lowest BCUT2D eigenvalue weighted by molar-refractivity contribution is 0.351. The largest absolute Gasteiger partial charge is 0.312 e. The lowest BCUT2D eigenvalue weighted by Gasteiger charge is -2.22. The van der Waals surface area contributed by atoms with Gasteiger partial charge in [-0.15, -0.1) is 4.83 Å². The van der Waals surface area contributed by atoms with Gasteiger partial charge in [0.1, 0.15) is 0 Å². The average molecular weight is 281 g/mol. The number of nitrogens with zero attached hydrogens (tertiary/aromatic N) is 1. The Morgan fingerprint density at radius 3 is 2.47 bits per heavy atom. The fraction of sp³-hybridized carbons (Fsp3) is 0.385. The smallest absolute Gasteiger partial charge is 0.257 e. The van der Waals surface area contributed by atoms with Crippen LogP contribution in [-0.4, -0.2) is 33.5 Å². The number of benzene rings is 1. The van der Waals surface area contributed by atoms with E-state index in [0.29, 0.717) is 0 Å². The second kappa shape index (κ2) is 5.73. The minimum Gasteiger partial charge on any atom is -0.312 e. The molecule has 0 spiro atoms. The van der Waals surface area contributed by atoms with E-state index in [1.54, 1.807) is 24.3 Å². The molecule has 1 aliphatic heterocycles. The van der Waals surface area contributed by atoms with E-state index in [1.807, 2.05) is 20.0 Å². The van der Waals surface area contributed by atoms with Gasteiger partial charge in [0, 0.05) is 25.2 Å². The van der Waals surface area contributed by atoms with Gasteiger partial charge in [0.25, 0.3) is 10.0 Å². The van der Waals surface area contributed by atoms with Crippen LogP contribution in [0.2, 0.25) is 0 Å². The molecule has 1 aliphatic rings. The van der Waals surface area contributed by atoms with Crippen LogP contribution >= 0.6 is 0 Å². The minimum atomic E-state index is -3.51. The van der Waals surface area contributed by atoms with Crippen LogP contribution in [0.4, 0.5) is 0 Å². The Bertz CT molecular complexity index is 564. The summed E-state index contributed by atoms with van der Waals surface area (Å²) < 4.78 is 24.1. The fourth-order valence-electron chi connectivity index (χ4n) is 1.79. The molecule has 0 atom stereocenters. The first-order valence-electron chi connectivity index (χ1n) is 6.19. The molecule has 0 saturated heterocycles. The first-order chi connectivity index (χ1) is 8.97. The zero-order chi connectivity index (χ0) is 13.9. The number of sulfonamides is 1. The van der Waals surface area contributed by atoms with Gasteiger partial charge in [-0.3, -0.25) is 0 Å². The Kier molecular flexibility index (Phi) is 4.24. The van der Waals surface area contributed by atoms with E-state index in [9.17, 15) is 8.42 Å². The first-order valence-corrected chi connectivity index (χ1v) is 7.68. The third kappa shape index (κ3) is 3.79. The van der Waals surface area contributed by atoms with Crippen molar-refractivity contribution in [3.05, 3.63) is 41.6 Å². The zero-order valence-electron chi connectivity index (χ0n) is 11.2. The molecular weight excluding hydrogens is 262 g/mol. The topological polar surface area (TPSA) is 61.4 Å². The normalized spacial score (nSPS) is 17.1. The van der Waals surface area contributed by atoms with Gasteiger partial charge in [-0.2, -0.15) is 0 Å². The lowest BCUT2D eigenvalue weighted by Crippen LogP contribution is -2.39. The summed E-state index contributed by atoms with van der Waals surface area (Å²) in [5.74, 6) is 0. The molecule has 1 aromatic carbocycles. The van der Waals surface area contributed by atoms with Gasteiger partial charge in [-0.25, -0.2) is 8.42 Å². The van der Waals surface area contributed by atoms with Gasteiger partial charge in [-0.05, 0) is 26.1 Å². The molecule has 104 valence electrons. The van der Waals surface area contributed by atoms with Crippen LogP contribution in [0.25, 0.3) is 0 Å². The van der Waals surface area contributed by atoms with Crippen molar-refractivity contribution in [1.29, 1.82) is 0 Å². The van der Waals surface area contributed by atoms with Crippen molar-refractivity contribution in [2.75, 3.05) is 20.1 Å². The number of likely N-dealkylation sites (N-methyl/N-ethyl adjacent to an activating group) is 1. The third-order valence-corrected chi connectivity index (χ3v) is 4.35. The highest BCUT2D eigenvalue weighted by Crippen LogP contribution is 2.10. The molecule has 0 fully saturated rings. The molecule has 2 N–H and O–H groups in total. The summed E-state index contributed by atoms with van der Waals surface area (Å²) in [6, 6.07) is 6.76. The summed E-state index contributed by atoms with van der Waals surface area (Å²) in [5, 5.41) is 0. The maximum Gasteiger partial charge on any atom is 0.257 e.